The number of nitrogens with zero attached hydrogens (tertiary/aromatic N) is 1. The predicted octanol–water partition coefficient (Wildman–Crippen LogP) is 2.47. The molecule has 1 aromatic carbocycles. The summed E-state index contributed by atoms with van der Waals surface area (Å²) in [5, 5.41) is 0. The van der Waals surface area contributed by atoms with Crippen molar-refractivity contribution in [1.29, 1.82) is 0 Å². The average molecular weight is 292 g/mol. The van der Waals surface area contributed by atoms with Crippen LogP contribution in [0.1, 0.15) is 5.56 Å². The van der Waals surface area contributed by atoms with E-state index >= 15 is 0 Å². The van der Waals surface area contributed by atoms with Crippen molar-refractivity contribution in [3.63, 3.8) is 0 Å². The van der Waals surface area contributed by atoms with E-state index in [0.717, 1.165) is 0 Å². The molecule has 0 spiro atoms. The van der Waals surface area contributed by atoms with Gasteiger partial charge in [-0.25, -0.2) is 4.39 Å². The summed E-state index contributed by atoms with van der Waals surface area (Å²) in [6, 6.07) is 3.58. The van der Waals surface area contributed by atoms with Crippen LogP contribution in [0.15, 0.2) is 12.1 Å². The van der Waals surface area contributed by atoms with Crippen LogP contribution < -0.4 is 10.6 Å². The second-order valence-corrected chi connectivity index (χ2v) is 10.7. The van der Waals surface area contributed by atoms with E-state index in [1.54, 1.807) is 6.07 Å². The fourth-order valence-electron chi connectivity index (χ4n) is 1.99. The Kier molecular flexibility index (Phi) is 4.36. The summed E-state index contributed by atoms with van der Waals surface area (Å²) in [7, 11) is -1.49. The Morgan fingerprint density at radius 2 is 1.90 bits per heavy atom. The monoisotopic (exact) mass is 292 g/mol. The van der Waals surface area contributed by atoms with Gasteiger partial charge in [0.15, 0.2) is 5.82 Å². The highest BCUT2D eigenvalue weighted by atomic mass is 28.3. The Labute approximate surface area is 120 Å². The smallest absolute Gasteiger partial charge is 0.170 e. The largest absolute Gasteiger partial charge is 0.395 e. The van der Waals surface area contributed by atoms with Crippen molar-refractivity contribution in [1.82, 2.24) is 0 Å². The van der Waals surface area contributed by atoms with Crippen LogP contribution in [0, 0.1) is 17.3 Å². The molecule has 0 radical (unpaired) electrons. The summed E-state index contributed by atoms with van der Waals surface area (Å²) in [5.74, 6) is 2.66. The van der Waals surface area contributed by atoms with Crippen LogP contribution in [0.4, 0.5) is 15.8 Å². The molecule has 1 aliphatic heterocycles. The normalized spacial score (nSPS) is 15.7. The Morgan fingerprint density at radius 3 is 2.50 bits per heavy atom. The lowest BCUT2D eigenvalue weighted by Crippen LogP contribution is -2.36. The maximum atomic E-state index is 14.4. The van der Waals surface area contributed by atoms with Crippen molar-refractivity contribution in [2.75, 3.05) is 36.9 Å². The fourth-order valence-corrected chi connectivity index (χ4v) is 2.50. The first-order valence-corrected chi connectivity index (χ1v) is 10.3. The Morgan fingerprint density at radius 1 is 1.25 bits per heavy atom. The van der Waals surface area contributed by atoms with Crippen LogP contribution in [-0.4, -0.2) is 34.4 Å². The lowest BCUT2D eigenvalue weighted by atomic mass is 10.1. The first-order chi connectivity index (χ1) is 9.38. The second kappa shape index (κ2) is 5.86. The Hall–Kier alpha value is -1.51. The van der Waals surface area contributed by atoms with E-state index in [4.69, 9.17) is 10.5 Å². The SMILES string of the molecule is C[Si](C)(C)C#Cc1ccc(N2CCOCC2)c(F)c1N. The molecule has 0 aliphatic carbocycles. The van der Waals surface area contributed by atoms with Crippen LogP contribution in [0.2, 0.25) is 19.6 Å². The molecule has 0 saturated carbocycles. The summed E-state index contributed by atoms with van der Waals surface area (Å²) in [5.41, 5.74) is 10.4. The van der Waals surface area contributed by atoms with Crippen LogP contribution in [-0.2, 0) is 4.74 Å². The van der Waals surface area contributed by atoms with Crippen molar-refractivity contribution >= 4 is 19.4 Å². The number of benzene rings is 1. The number of rotatable bonds is 1. The molecule has 0 atom stereocenters. The minimum absolute atomic E-state index is 0.153. The lowest BCUT2D eigenvalue weighted by Gasteiger charge is -2.29. The molecule has 0 unspecified atom stereocenters. The highest BCUT2D eigenvalue weighted by Gasteiger charge is 2.18. The molecule has 2 rings (SSSR count). The highest BCUT2D eigenvalue weighted by molar-refractivity contribution is 6.83. The van der Waals surface area contributed by atoms with E-state index in [1.165, 1.54) is 0 Å². The number of hydrogen-bond donors (Lipinski definition) is 1. The Bertz CT molecular complexity index is 551. The minimum atomic E-state index is -1.49. The predicted molar refractivity (Wildman–Crippen MR) is 84.1 cm³/mol. The molecule has 108 valence electrons. The molecule has 2 N–H and O–H groups in total. The van der Waals surface area contributed by atoms with Crippen molar-refractivity contribution in [3.05, 3.63) is 23.5 Å². The van der Waals surface area contributed by atoms with Gasteiger partial charge in [-0.3, -0.25) is 0 Å². The first-order valence-electron chi connectivity index (χ1n) is 6.82. The lowest BCUT2D eigenvalue weighted by molar-refractivity contribution is 0.122. The standard InChI is InChI=1S/C15H21FN2OSi/c1-20(2,3)11-6-12-4-5-13(14(16)15(12)17)18-7-9-19-10-8-18/h4-5H,7-10,17H2,1-3H3. The number of morpholine rings is 1. The maximum absolute atomic E-state index is 14.4. The number of nitrogens with two attached hydrogens (primary N) is 1. The first kappa shape index (κ1) is 14.9. The van der Waals surface area contributed by atoms with Gasteiger partial charge in [0.25, 0.3) is 0 Å². The average Bonchev–Trinajstić information content (AvgIpc) is 2.40. The summed E-state index contributed by atoms with van der Waals surface area (Å²) in [6.07, 6.45) is 0. The number of hydrogen-bond acceptors (Lipinski definition) is 3. The van der Waals surface area contributed by atoms with Gasteiger partial charge in [0.2, 0.25) is 0 Å². The molecule has 0 aromatic heterocycles. The fraction of sp³-hybridized carbons (Fsp3) is 0.467. The zero-order valence-corrected chi connectivity index (χ0v) is 13.3. The molecular formula is C15H21FN2OSi. The molecule has 5 heteroatoms. The van der Waals surface area contributed by atoms with Crippen molar-refractivity contribution in [2.45, 2.75) is 19.6 Å². The zero-order chi connectivity index (χ0) is 14.8. The summed E-state index contributed by atoms with van der Waals surface area (Å²) in [6.45, 7) is 9.07. The van der Waals surface area contributed by atoms with Gasteiger partial charge >= 0.3 is 0 Å². The summed E-state index contributed by atoms with van der Waals surface area (Å²) < 4.78 is 19.7. The topological polar surface area (TPSA) is 38.5 Å². The van der Waals surface area contributed by atoms with Gasteiger partial charge in [-0.2, -0.15) is 0 Å². The molecule has 1 heterocycles. The van der Waals surface area contributed by atoms with Crippen LogP contribution >= 0.6 is 0 Å². The molecule has 0 bridgehead atoms. The van der Waals surface area contributed by atoms with Gasteiger partial charge in [-0.1, -0.05) is 25.6 Å². The van der Waals surface area contributed by atoms with Gasteiger partial charge in [-0.05, 0) is 12.1 Å². The third kappa shape index (κ3) is 3.53. The third-order valence-electron chi connectivity index (χ3n) is 3.08. The summed E-state index contributed by atoms with van der Waals surface area (Å²) >= 11 is 0. The van der Waals surface area contributed by atoms with E-state index in [-0.39, 0.29) is 11.5 Å². The quantitative estimate of drug-likeness (QED) is 0.491. The van der Waals surface area contributed by atoms with E-state index < -0.39 is 8.07 Å². The highest BCUT2D eigenvalue weighted by Crippen LogP contribution is 2.27. The Balaban J connectivity index is 2.31. The van der Waals surface area contributed by atoms with Gasteiger partial charge < -0.3 is 15.4 Å². The van der Waals surface area contributed by atoms with Crippen molar-refractivity contribution in [2.24, 2.45) is 0 Å². The molecule has 1 aliphatic rings. The molecular weight excluding hydrogens is 271 g/mol. The van der Waals surface area contributed by atoms with Crippen molar-refractivity contribution < 1.29 is 9.13 Å². The van der Waals surface area contributed by atoms with E-state index in [1.807, 2.05) is 11.0 Å². The van der Waals surface area contributed by atoms with Crippen LogP contribution in [0.25, 0.3) is 0 Å². The third-order valence-corrected chi connectivity index (χ3v) is 3.96. The summed E-state index contributed by atoms with van der Waals surface area (Å²) in [4.78, 5) is 1.96. The van der Waals surface area contributed by atoms with Crippen LogP contribution in [0.5, 0.6) is 0 Å². The number of anilines is 2. The van der Waals surface area contributed by atoms with Gasteiger partial charge in [-0.15, -0.1) is 5.54 Å². The number of halogens is 1. The molecule has 1 saturated heterocycles. The number of nitrogen functional groups attached to an aromatic ring is 1. The van der Waals surface area contributed by atoms with E-state index in [9.17, 15) is 4.39 Å². The molecule has 3 nitrogen and oxygen atoms in total. The molecule has 1 fully saturated rings. The molecule has 20 heavy (non-hydrogen) atoms. The zero-order valence-electron chi connectivity index (χ0n) is 12.3. The minimum Gasteiger partial charge on any atom is -0.395 e. The maximum Gasteiger partial charge on any atom is 0.170 e. The molecule has 1 aromatic rings. The van der Waals surface area contributed by atoms with Crippen LogP contribution in [0.3, 0.4) is 0 Å². The second-order valence-electron chi connectivity index (χ2n) is 5.96. The van der Waals surface area contributed by atoms with Gasteiger partial charge in [0.1, 0.15) is 8.07 Å². The van der Waals surface area contributed by atoms with E-state index in [2.05, 4.69) is 31.1 Å². The van der Waals surface area contributed by atoms with Gasteiger partial charge in [0, 0.05) is 13.1 Å². The van der Waals surface area contributed by atoms with Gasteiger partial charge in [0.05, 0.1) is 30.2 Å². The van der Waals surface area contributed by atoms with Crippen molar-refractivity contribution in [3.8, 4) is 11.5 Å². The van der Waals surface area contributed by atoms with E-state index in [0.29, 0.717) is 37.6 Å². The molecule has 0 amide bonds. The number of ether oxygens (including phenoxy) is 1.